The number of aromatic hydroxyl groups is 1. The third-order valence-corrected chi connectivity index (χ3v) is 2.75. The first-order chi connectivity index (χ1) is 9.17. The molecule has 0 aliphatic heterocycles. The number of hydrogen-bond acceptors (Lipinski definition) is 5. The van der Waals surface area contributed by atoms with Crippen molar-refractivity contribution in [3.8, 4) is 5.75 Å². The van der Waals surface area contributed by atoms with E-state index in [2.05, 4.69) is 11.7 Å². The molecule has 0 saturated heterocycles. The summed E-state index contributed by atoms with van der Waals surface area (Å²) in [4.78, 5) is 11.5. The van der Waals surface area contributed by atoms with Crippen LogP contribution in [0.2, 0.25) is 0 Å². The van der Waals surface area contributed by atoms with Crippen molar-refractivity contribution in [1.29, 1.82) is 0 Å². The number of phenols is 1. The lowest BCUT2D eigenvalue weighted by atomic mass is 10.1. The van der Waals surface area contributed by atoms with E-state index in [9.17, 15) is 9.90 Å². The minimum Gasteiger partial charge on any atom is -0.507 e. The number of phenolic OH excluding ortho intramolecular Hbond substituents is 1. The van der Waals surface area contributed by atoms with Crippen LogP contribution in [0.5, 0.6) is 5.75 Å². The van der Waals surface area contributed by atoms with E-state index >= 15 is 0 Å². The SMILES string of the molecule is C=CCc1ccc2onc(CC(=O)OCC)c2c1O. The number of nitrogens with zero attached hydrogens (tertiary/aromatic N) is 1. The highest BCUT2D eigenvalue weighted by molar-refractivity contribution is 5.90. The summed E-state index contributed by atoms with van der Waals surface area (Å²) in [5, 5.41) is 14.5. The lowest BCUT2D eigenvalue weighted by molar-refractivity contribution is -0.142. The van der Waals surface area contributed by atoms with Gasteiger partial charge in [-0.15, -0.1) is 6.58 Å². The number of carbonyl (C=O) groups excluding carboxylic acids is 1. The van der Waals surface area contributed by atoms with Gasteiger partial charge in [-0.25, -0.2) is 0 Å². The topological polar surface area (TPSA) is 72.6 Å². The zero-order valence-electron chi connectivity index (χ0n) is 10.7. The molecule has 5 nitrogen and oxygen atoms in total. The molecule has 0 atom stereocenters. The number of esters is 1. The molecule has 1 aromatic carbocycles. The Bertz CT molecular complexity index is 615. The van der Waals surface area contributed by atoms with E-state index in [4.69, 9.17) is 9.26 Å². The van der Waals surface area contributed by atoms with Crippen LogP contribution in [0.1, 0.15) is 18.2 Å². The normalized spacial score (nSPS) is 10.6. The monoisotopic (exact) mass is 261 g/mol. The smallest absolute Gasteiger partial charge is 0.312 e. The second-order valence-corrected chi connectivity index (χ2v) is 4.05. The highest BCUT2D eigenvalue weighted by Gasteiger charge is 2.18. The van der Waals surface area contributed by atoms with Gasteiger partial charge in [0.1, 0.15) is 11.4 Å². The molecular weight excluding hydrogens is 246 g/mol. The van der Waals surface area contributed by atoms with Crippen LogP contribution in [-0.4, -0.2) is 22.8 Å². The highest BCUT2D eigenvalue weighted by atomic mass is 16.5. The summed E-state index contributed by atoms with van der Waals surface area (Å²) >= 11 is 0. The van der Waals surface area contributed by atoms with E-state index in [-0.39, 0.29) is 12.2 Å². The maximum absolute atomic E-state index is 11.5. The van der Waals surface area contributed by atoms with Crippen molar-refractivity contribution >= 4 is 16.9 Å². The molecule has 1 aromatic heterocycles. The number of fused-ring (bicyclic) bond motifs is 1. The van der Waals surface area contributed by atoms with Crippen LogP contribution < -0.4 is 0 Å². The Morgan fingerprint density at radius 3 is 3.05 bits per heavy atom. The molecule has 0 unspecified atom stereocenters. The van der Waals surface area contributed by atoms with Crippen molar-refractivity contribution in [2.24, 2.45) is 0 Å². The Kier molecular flexibility index (Phi) is 3.85. The summed E-state index contributed by atoms with van der Waals surface area (Å²) in [5.74, 6) is -0.316. The van der Waals surface area contributed by atoms with Crippen molar-refractivity contribution in [3.05, 3.63) is 36.0 Å². The zero-order valence-corrected chi connectivity index (χ0v) is 10.7. The molecule has 0 bridgehead atoms. The van der Waals surface area contributed by atoms with Gasteiger partial charge < -0.3 is 14.4 Å². The van der Waals surface area contributed by atoms with Gasteiger partial charge in [-0.2, -0.15) is 0 Å². The Labute approximate surface area is 110 Å². The summed E-state index contributed by atoms with van der Waals surface area (Å²) in [6.45, 7) is 5.68. The molecule has 0 fully saturated rings. The maximum Gasteiger partial charge on any atom is 0.312 e. The quantitative estimate of drug-likeness (QED) is 0.660. The molecule has 2 rings (SSSR count). The molecule has 0 radical (unpaired) electrons. The fourth-order valence-corrected chi connectivity index (χ4v) is 1.91. The molecule has 2 aromatic rings. The molecule has 100 valence electrons. The number of allylic oxidation sites excluding steroid dienone is 1. The minimum atomic E-state index is -0.397. The van der Waals surface area contributed by atoms with E-state index in [0.29, 0.717) is 29.7 Å². The summed E-state index contributed by atoms with van der Waals surface area (Å²) < 4.78 is 9.96. The highest BCUT2D eigenvalue weighted by Crippen LogP contribution is 2.32. The molecular formula is C14H15NO4. The van der Waals surface area contributed by atoms with Gasteiger partial charge in [-0.05, 0) is 25.0 Å². The number of benzene rings is 1. The van der Waals surface area contributed by atoms with Gasteiger partial charge >= 0.3 is 5.97 Å². The number of aromatic nitrogens is 1. The van der Waals surface area contributed by atoms with Crippen LogP contribution in [0.25, 0.3) is 11.0 Å². The summed E-state index contributed by atoms with van der Waals surface area (Å²) in [6.07, 6.45) is 2.21. The van der Waals surface area contributed by atoms with Crippen LogP contribution in [0.3, 0.4) is 0 Å². The molecule has 5 heteroatoms. The van der Waals surface area contributed by atoms with E-state index in [1.807, 2.05) is 0 Å². The lowest BCUT2D eigenvalue weighted by Gasteiger charge is -2.03. The molecule has 1 heterocycles. The maximum atomic E-state index is 11.5. The fraction of sp³-hybridized carbons (Fsp3) is 0.286. The van der Waals surface area contributed by atoms with Crippen LogP contribution in [0.4, 0.5) is 0 Å². The van der Waals surface area contributed by atoms with Crippen molar-refractivity contribution in [1.82, 2.24) is 5.16 Å². The summed E-state index contributed by atoms with van der Waals surface area (Å²) in [5.41, 5.74) is 1.55. The largest absolute Gasteiger partial charge is 0.507 e. The molecule has 0 amide bonds. The second kappa shape index (κ2) is 5.56. The van der Waals surface area contributed by atoms with Crippen LogP contribution in [0, 0.1) is 0 Å². The Morgan fingerprint density at radius 1 is 1.58 bits per heavy atom. The Balaban J connectivity index is 2.42. The van der Waals surface area contributed by atoms with E-state index in [1.165, 1.54) is 0 Å². The first kappa shape index (κ1) is 13.1. The summed E-state index contributed by atoms with van der Waals surface area (Å²) in [7, 11) is 0. The van der Waals surface area contributed by atoms with Gasteiger partial charge in [0.25, 0.3) is 0 Å². The van der Waals surface area contributed by atoms with Gasteiger partial charge in [0.15, 0.2) is 5.58 Å². The fourth-order valence-electron chi connectivity index (χ4n) is 1.91. The van der Waals surface area contributed by atoms with Gasteiger partial charge in [-0.1, -0.05) is 17.3 Å². The molecule has 1 N–H and O–H groups in total. The summed E-state index contributed by atoms with van der Waals surface area (Å²) in [6, 6.07) is 3.47. The Hall–Kier alpha value is -2.30. The van der Waals surface area contributed by atoms with E-state index in [1.54, 1.807) is 25.1 Å². The average molecular weight is 261 g/mol. The van der Waals surface area contributed by atoms with Crippen molar-refractivity contribution in [3.63, 3.8) is 0 Å². The van der Waals surface area contributed by atoms with E-state index in [0.717, 1.165) is 5.56 Å². The Morgan fingerprint density at radius 2 is 2.37 bits per heavy atom. The minimum absolute atomic E-state index is 0.0219. The van der Waals surface area contributed by atoms with Crippen molar-refractivity contribution < 1.29 is 19.2 Å². The zero-order chi connectivity index (χ0) is 13.8. The molecule has 0 aliphatic rings. The van der Waals surface area contributed by atoms with Crippen LogP contribution >= 0.6 is 0 Å². The number of hydrogen-bond donors (Lipinski definition) is 1. The molecule has 19 heavy (non-hydrogen) atoms. The van der Waals surface area contributed by atoms with Gasteiger partial charge in [0.05, 0.1) is 18.4 Å². The van der Waals surface area contributed by atoms with Gasteiger partial charge in [0, 0.05) is 0 Å². The number of rotatable bonds is 5. The number of ether oxygens (including phenoxy) is 1. The van der Waals surface area contributed by atoms with Crippen LogP contribution in [0.15, 0.2) is 29.3 Å². The van der Waals surface area contributed by atoms with Crippen LogP contribution in [-0.2, 0) is 22.4 Å². The predicted octanol–water partition coefficient (Wildman–Crippen LogP) is 2.37. The average Bonchev–Trinajstić information content (AvgIpc) is 2.77. The predicted molar refractivity (Wildman–Crippen MR) is 69.9 cm³/mol. The first-order valence-electron chi connectivity index (χ1n) is 6.03. The third-order valence-electron chi connectivity index (χ3n) is 2.75. The molecule has 0 saturated carbocycles. The van der Waals surface area contributed by atoms with Gasteiger partial charge in [-0.3, -0.25) is 4.79 Å². The number of carbonyl (C=O) groups is 1. The second-order valence-electron chi connectivity index (χ2n) is 4.05. The van der Waals surface area contributed by atoms with Crippen molar-refractivity contribution in [2.45, 2.75) is 19.8 Å². The third kappa shape index (κ3) is 2.59. The molecule has 0 spiro atoms. The van der Waals surface area contributed by atoms with Gasteiger partial charge in [0.2, 0.25) is 0 Å². The molecule has 0 aliphatic carbocycles. The lowest BCUT2D eigenvalue weighted by Crippen LogP contribution is -2.07. The standard InChI is InChI=1S/C14H15NO4/c1-3-5-9-6-7-11-13(14(9)17)10(15-19-11)8-12(16)18-4-2/h3,6-7,17H,1,4-5,8H2,2H3. The van der Waals surface area contributed by atoms with Crippen molar-refractivity contribution in [2.75, 3.05) is 6.61 Å². The van der Waals surface area contributed by atoms with E-state index < -0.39 is 5.97 Å². The first-order valence-corrected chi connectivity index (χ1v) is 6.03.